The monoisotopic (exact) mass is 327 g/mol. The molecule has 2 rings (SSSR count). The van der Waals surface area contributed by atoms with Crippen LogP contribution in [0.3, 0.4) is 0 Å². The number of hydrogen-bond acceptors (Lipinski definition) is 1. The quantitative estimate of drug-likeness (QED) is 0.828. The smallest absolute Gasteiger partial charge is 0.0554 e. The maximum absolute atomic E-state index is 6.12. The van der Waals surface area contributed by atoms with Gasteiger partial charge < -0.3 is 5.73 Å². The minimum Gasteiger partial charge on any atom is -0.327 e. The summed E-state index contributed by atoms with van der Waals surface area (Å²) in [4.78, 5) is 0. The maximum Gasteiger partial charge on any atom is 0.0554 e. The first kappa shape index (κ1) is 14.1. The van der Waals surface area contributed by atoms with Crippen LogP contribution < -0.4 is 5.73 Å². The van der Waals surface area contributed by atoms with Crippen LogP contribution in [-0.4, -0.2) is 6.54 Å². The van der Waals surface area contributed by atoms with Crippen molar-refractivity contribution in [3.63, 3.8) is 0 Å². The molecule has 1 nitrogen and oxygen atoms in total. The zero-order valence-electron chi connectivity index (χ0n) is 10.5. The molecule has 0 atom stereocenters. The molecule has 0 radical (unpaired) electrons. The Morgan fingerprint density at radius 2 is 2.06 bits per heavy atom. The molecule has 1 aliphatic rings. The van der Waals surface area contributed by atoms with Crippen molar-refractivity contribution in [2.75, 3.05) is 6.54 Å². The van der Waals surface area contributed by atoms with Crippen LogP contribution in [0, 0.1) is 5.92 Å². The molecule has 0 bridgehead atoms. The maximum atomic E-state index is 6.12. The zero-order valence-corrected chi connectivity index (χ0v) is 12.8. The largest absolute Gasteiger partial charge is 0.327 e. The predicted octanol–water partition coefficient (Wildman–Crippen LogP) is 5.02. The Bertz CT molecular complexity index is 436. The summed E-state index contributed by atoms with van der Waals surface area (Å²) in [5.74, 6) is 0.672. The molecule has 1 aromatic carbocycles. The van der Waals surface area contributed by atoms with E-state index in [4.69, 9.17) is 17.3 Å². The molecule has 0 unspecified atom stereocenters. The molecule has 2 N–H and O–H groups in total. The van der Waals surface area contributed by atoms with Crippen molar-refractivity contribution in [1.82, 2.24) is 0 Å². The van der Waals surface area contributed by atoms with Crippen LogP contribution in [0.4, 0.5) is 0 Å². The van der Waals surface area contributed by atoms with Crippen LogP contribution >= 0.6 is 27.5 Å². The zero-order chi connectivity index (χ0) is 13.0. The number of halogens is 2. The topological polar surface area (TPSA) is 26.0 Å². The van der Waals surface area contributed by atoms with E-state index >= 15 is 0 Å². The summed E-state index contributed by atoms with van der Waals surface area (Å²) in [5.41, 5.74) is 8.42. The second-order valence-electron chi connectivity index (χ2n) is 4.93. The molecule has 98 valence electrons. The number of hydrogen-bond donors (Lipinski definition) is 1. The first-order valence-electron chi connectivity index (χ1n) is 6.56. The molecule has 0 spiro atoms. The molecule has 0 aliphatic heterocycles. The summed E-state index contributed by atoms with van der Waals surface area (Å²) in [6.07, 6.45) is 8.83. The van der Waals surface area contributed by atoms with Gasteiger partial charge in [0.1, 0.15) is 0 Å². The number of rotatable bonds is 3. The lowest BCUT2D eigenvalue weighted by Crippen LogP contribution is -2.16. The normalized spacial score (nSPS) is 18.1. The fourth-order valence-electron chi connectivity index (χ4n) is 2.63. The minimum absolute atomic E-state index is 0.651. The van der Waals surface area contributed by atoms with Gasteiger partial charge in [-0.1, -0.05) is 48.6 Å². The van der Waals surface area contributed by atoms with Crippen LogP contribution in [0.5, 0.6) is 0 Å². The Morgan fingerprint density at radius 1 is 1.33 bits per heavy atom. The highest BCUT2D eigenvalue weighted by atomic mass is 79.9. The molecule has 1 aliphatic carbocycles. The molecule has 1 aromatic rings. The Kier molecular flexibility index (Phi) is 5.28. The average Bonchev–Trinajstić information content (AvgIpc) is 2.41. The van der Waals surface area contributed by atoms with Gasteiger partial charge in [0.2, 0.25) is 0 Å². The highest BCUT2D eigenvalue weighted by molar-refractivity contribution is 9.10. The van der Waals surface area contributed by atoms with E-state index in [9.17, 15) is 0 Å². The Labute approximate surface area is 123 Å². The van der Waals surface area contributed by atoms with E-state index in [0.29, 0.717) is 12.5 Å². The van der Waals surface area contributed by atoms with Gasteiger partial charge in [-0.25, -0.2) is 0 Å². The number of nitrogens with two attached hydrogens (primary N) is 1. The molecule has 1 fully saturated rings. The van der Waals surface area contributed by atoms with Gasteiger partial charge in [-0.3, -0.25) is 0 Å². The lowest BCUT2D eigenvalue weighted by Gasteiger charge is -2.24. The van der Waals surface area contributed by atoms with Crippen LogP contribution in [0.1, 0.15) is 37.7 Å². The summed E-state index contributed by atoms with van der Waals surface area (Å²) in [7, 11) is 0. The molecular formula is C15H19BrClN. The van der Waals surface area contributed by atoms with Crippen LogP contribution in [0.15, 0.2) is 28.2 Å². The number of benzene rings is 1. The van der Waals surface area contributed by atoms with Crippen molar-refractivity contribution in [2.24, 2.45) is 11.7 Å². The Balaban J connectivity index is 2.19. The van der Waals surface area contributed by atoms with Crippen LogP contribution in [0.2, 0.25) is 5.02 Å². The van der Waals surface area contributed by atoms with Crippen molar-refractivity contribution < 1.29 is 0 Å². The second kappa shape index (κ2) is 6.74. The van der Waals surface area contributed by atoms with Gasteiger partial charge in [-0.15, -0.1) is 0 Å². The third kappa shape index (κ3) is 3.59. The van der Waals surface area contributed by atoms with E-state index in [0.717, 1.165) is 15.1 Å². The van der Waals surface area contributed by atoms with Gasteiger partial charge in [0.05, 0.1) is 5.02 Å². The lowest BCUT2D eigenvalue weighted by molar-refractivity contribution is 0.401. The summed E-state index contributed by atoms with van der Waals surface area (Å²) in [6.45, 7) is 0.651. The summed E-state index contributed by atoms with van der Waals surface area (Å²) in [5, 5.41) is 0.753. The minimum atomic E-state index is 0.651. The molecule has 0 saturated heterocycles. The summed E-state index contributed by atoms with van der Waals surface area (Å²) in [6, 6.07) is 6.06. The van der Waals surface area contributed by atoms with Crippen molar-refractivity contribution in [3.05, 3.63) is 38.8 Å². The van der Waals surface area contributed by atoms with Gasteiger partial charge in [0.15, 0.2) is 0 Å². The fraction of sp³-hybridized carbons (Fsp3) is 0.467. The predicted molar refractivity (Wildman–Crippen MR) is 82.8 cm³/mol. The highest BCUT2D eigenvalue weighted by Gasteiger charge is 2.16. The van der Waals surface area contributed by atoms with E-state index < -0.39 is 0 Å². The molecular weight excluding hydrogens is 310 g/mol. The molecule has 3 heteroatoms. The van der Waals surface area contributed by atoms with E-state index in [2.05, 4.69) is 28.1 Å². The lowest BCUT2D eigenvalue weighted by atomic mass is 9.83. The van der Waals surface area contributed by atoms with Crippen molar-refractivity contribution in [2.45, 2.75) is 32.1 Å². The summed E-state index contributed by atoms with van der Waals surface area (Å²) >= 11 is 9.53. The van der Waals surface area contributed by atoms with Gasteiger partial charge in [-0.2, -0.15) is 0 Å². The first-order chi connectivity index (χ1) is 8.70. The van der Waals surface area contributed by atoms with E-state index in [-0.39, 0.29) is 0 Å². The van der Waals surface area contributed by atoms with Crippen LogP contribution in [-0.2, 0) is 0 Å². The van der Waals surface area contributed by atoms with Gasteiger partial charge in [0.25, 0.3) is 0 Å². The first-order valence-corrected chi connectivity index (χ1v) is 7.73. The van der Waals surface area contributed by atoms with E-state index in [1.54, 1.807) is 0 Å². The SMILES string of the molecule is NC/C(=C/c1ccc(Br)c(Cl)c1)C1CCCCC1. The van der Waals surface area contributed by atoms with Crippen LogP contribution in [0.25, 0.3) is 6.08 Å². The van der Waals surface area contributed by atoms with Crippen molar-refractivity contribution in [3.8, 4) is 0 Å². The van der Waals surface area contributed by atoms with Gasteiger partial charge in [0, 0.05) is 11.0 Å². The molecule has 18 heavy (non-hydrogen) atoms. The van der Waals surface area contributed by atoms with E-state index in [1.807, 2.05) is 12.1 Å². The summed E-state index contributed by atoms with van der Waals surface area (Å²) < 4.78 is 0.938. The third-order valence-corrected chi connectivity index (χ3v) is 4.89. The van der Waals surface area contributed by atoms with E-state index in [1.165, 1.54) is 37.7 Å². The molecule has 0 amide bonds. The standard InChI is InChI=1S/C15H19BrClN/c16-14-7-6-11(9-15(14)17)8-13(10-18)12-4-2-1-3-5-12/h6-9,12H,1-5,10,18H2/b13-8-. The van der Waals surface area contributed by atoms with Crippen molar-refractivity contribution in [1.29, 1.82) is 0 Å². The van der Waals surface area contributed by atoms with Crippen molar-refractivity contribution >= 4 is 33.6 Å². The Morgan fingerprint density at radius 3 is 2.67 bits per heavy atom. The second-order valence-corrected chi connectivity index (χ2v) is 6.19. The molecule has 0 aromatic heterocycles. The molecule has 0 heterocycles. The van der Waals surface area contributed by atoms with Gasteiger partial charge in [-0.05, 0) is 52.4 Å². The molecule has 1 saturated carbocycles. The third-order valence-electron chi connectivity index (χ3n) is 3.66. The Hall–Kier alpha value is -0.310. The average molecular weight is 329 g/mol. The fourth-order valence-corrected chi connectivity index (χ4v) is 3.07. The van der Waals surface area contributed by atoms with Gasteiger partial charge >= 0.3 is 0 Å². The highest BCUT2D eigenvalue weighted by Crippen LogP contribution is 2.31.